The number of nitrogens with zero attached hydrogens (tertiary/aromatic N) is 5. The summed E-state index contributed by atoms with van der Waals surface area (Å²) in [6.45, 7) is 2.11. The molecule has 0 saturated carbocycles. The minimum absolute atomic E-state index is 0.702. The number of aromatic nitrogens is 7. The van der Waals surface area contributed by atoms with E-state index in [4.69, 9.17) is 4.98 Å². The number of fused-ring (bicyclic) bond motifs is 2. The number of pyridine rings is 1. The first-order valence-corrected chi connectivity index (χ1v) is 10.4. The van der Waals surface area contributed by atoms with Crippen molar-refractivity contribution in [2.45, 2.75) is 6.92 Å². The molecule has 2 N–H and O–H groups in total. The van der Waals surface area contributed by atoms with Gasteiger partial charge in [-0.25, -0.2) is 9.97 Å². The van der Waals surface area contributed by atoms with Gasteiger partial charge in [-0.1, -0.05) is 6.07 Å². The van der Waals surface area contributed by atoms with E-state index in [2.05, 4.69) is 56.5 Å². The maximum absolute atomic E-state index is 4.89. The molecule has 0 fully saturated rings. The van der Waals surface area contributed by atoms with Gasteiger partial charge in [0.1, 0.15) is 11.2 Å². The lowest BCUT2D eigenvalue weighted by Gasteiger charge is -1.98. The van der Waals surface area contributed by atoms with Crippen LogP contribution in [0.3, 0.4) is 0 Å². The Hall–Kier alpha value is -3.78. The Morgan fingerprint density at radius 2 is 2.00 bits per heavy atom. The summed E-state index contributed by atoms with van der Waals surface area (Å²) in [5, 5.41) is 12.9. The van der Waals surface area contributed by atoms with E-state index in [1.807, 2.05) is 37.8 Å². The van der Waals surface area contributed by atoms with Crippen molar-refractivity contribution in [2.24, 2.45) is 7.05 Å². The molecule has 1 aromatic carbocycles. The zero-order chi connectivity index (χ0) is 20.2. The Balaban J connectivity index is 1.52. The highest BCUT2D eigenvalue weighted by molar-refractivity contribution is 7.15. The summed E-state index contributed by atoms with van der Waals surface area (Å²) in [7, 11) is 1.92. The summed E-state index contributed by atoms with van der Waals surface area (Å²) >= 11 is 1.76. The maximum atomic E-state index is 4.89. The topological polar surface area (TPSA) is 88.1 Å². The van der Waals surface area contributed by atoms with Gasteiger partial charge in [-0.3, -0.25) is 9.78 Å². The number of hydrogen-bond donors (Lipinski definition) is 2. The van der Waals surface area contributed by atoms with Crippen LogP contribution in [0.2, 0.25) is 0 Å². The van der Waals surface area contributed by atoms with Crippen molar-refractivity contribution < 1.29 is 0 Å². The maximum Gasteiger partial charge on any atom is 0.160 e. The van der Waals surface area contributed by atoms with E-state index in [1.54, 1.807) is 16.0 Å². The molecule has 6 rings (SSSR count). The van der Waals surface area contributed by atoms with E-state index < -0.39 is 0 Å². The predicted octanol–water partition coefficient (Wildman–Crippen LogP) is 4.94. The molecule has 0 aliphatic rings. The molecule has 0 unspecified atom stereocenters. The summed E-state index contributed by atoms with van der Waals surface area (Å²) < 4.78 is 1.80. The molecule has 5 aromatic heterocycles. The molecule has 0 radical (unpaired) electrons. The summed E-state index contributed by atoms with van der Waals surface area (Å²) in [6, 6.07) is 12.5. The van der Waals surface area contributed by atoms with E-state index in [9.17, 15) is 0 Å². The first kappa shape index (κ1) is 17.1. The van der Waals surface area contributed by atoms with Crippen molar-refractivity contribution in [2.75, 3.05) is 0 Å². The van der Waals surface area contributed by atoms with Crippen LogP contribution >= 0.6 is 11.3 Å². The second kappa shape index (κ2) is 6.36. The van der Waals surface area contributed by atoms with Crippen LogP contribution < -0.4 is 0 Å². The minimum atomic E-state index is 0.702. The highest BCUT2D eigenvalue weighted by atomic mass is 32.1. The summed E-state index contributed by atoms with van der Waals surface area (Å²) in [5.41, 5.74) is 6.58. The lowest BCUT2D eigenvalue weighted by Crippen LogP contribution is -1.84. The largest absolute Gasteiger partial charge is 0.321 e. The number of H-pyrrole nitrogens is 2. The van der Waals surface area contributed by atoms with Crippen LogP contribution in [0.4, 0.5) is 0 Å². The van der Waals surface area contributed by atoms with E-state index in [-0.39, 0.29) is 0 Å². The van der Waals surface area contributed by atoms with Crippen LogP contribution in [-0.2, 0) is 7.05 Å². The minimum Gasteiger partial charge on any atom is -0.321 e. The number of aryl methyl sites for hydroxylation is 2. The molecule has 146 valence electrons. The van der Waals surface area contributed by atoms with Crippen molar-refractivity contribution in [1.29, 1.82) is 0 Å². The highest BCUT2D eigenvalue weighted by Gasteiger charge is 2.17. The zero-order valence-corrected chi connectivity index (χ0v) is 17.2. The van der Waals surface area contributed by atoms with E-state index >= 15 is 0 Å². The predicted molar refractivity (Wildman–Crippen MR) is 119 cm³/mol. The Morgan fingerprint density at radius 1 is 1.07 bits per heavy atom. The van der Waals surface area contributed by atoms with Crippen LogP contribution in [0, 0.1) is 6.92 Å². The molecular formula is C22H17N7S. The molecule has 30 heavy (non-hydrogen) atoms. The molecule has 7 nitrogen and oxygen atoms in total. The molecule has 0 saturated heterocycles. The number of thiophene rings is 1. The SMILES string of the molecule is Cc1ccc(-c2ccnc3[nH]c(-c4n[nH]c5ccc(-c6cnn(C)c6)cc45)nc23)s1. The van der Waals surface area contributed by atoms with Gasteiger partial charge in [-0.15, -0.1) is 11.3 Å². The average molecular weight is 411 g/mol. The van der Waals surface area contributed by atoms with Gasteiger partial charge in [0.2, 0.25) is 0 Å². The lowest BCUT2D eigenvalue weighted by molar-refractivity contribution is 0.768. The Morgan fingerprint density at radius 3 is 2.80 bits per heavy atom. The second-order valence-corrected chi connectivity index (χ2v) is 8.57. The molecular weight excluding hydrogens is 394 g/mol. The van der Waals surface area contributed by atoms with E-state index in [1.165, 1.54) is 9.75 Å². The smallest absolute Gasteiger partial charge is 0.160 e. The van der Waals surface area contributed by atoms with Gasteiger partial charge < -0.3 is 4.98 Å². The monoisotopic (exact) mass is 411 g/mol. The quantitative estimate of drug-likeness (QED) is 0.432. The van der Waals surface area contributed by atoms with Gasteiger partial charge in [-0.05, 0) is 42.8 Å². The fraction of sp³-hybridized carbons (Fsp3) is 0.0909. The Bertz CT molecular complexity index is 1530. The number of aromatic amines is 2. The molecule has 0 amide bonds. The van der Waals surface area contributed by atoms with Gasteiger partial charge in [-0.2, -0.15) is 10.2 Å². The number of benzene rings is 1. The molecule has 5 heterocycles. The third kappa shape index (κ3) is 2.65. The van der Waals surface area contributed by atoms with E-state index in [0.29, 0.717) is 5.82 Å². The Kier molecular flexibility index (Phi) is 3.63. The van der Waals surface area contributed by atoms with E-state index in [0.717, 1.165) is 44.5 Å². The number of hydrogen-bond acceptors (Lipinski definition) is 5. The zero-order valence-electron chi connectivity index (χ0n) is 16.3. The molecule has 6 aromatic rings. The van der Waals surface area contributed by atoms with Crippen molar-refractivity contribution in [3.8, 4) is 33.1 Å². The first-order valence-electron chi connectivity index (χ1n) is 9.55. The second-order valence-electron chi connectivity index (χ2n) is 7.29. The molecule has 0 aliphatic carbocycles. The van der Waals surface area contributed by atoms with Crippen molar-refractivity contribution in [3.63, 3.8) is 0 Å². The van der Waals surface area contributed by atoms with Crippen molar-refractivity contribution in [3.05, 3.63) is 59.9 Å². The van der Waals surface area contributed by atoms with Crippen molar-refractivity contribution >= 4 is 33.4 Å². The summed E-state index contributed by atoms with van der Waals surface area (Å²) in [5.74, 6) is 0.702. The van der Waals surface area contributed by atoms with Gasteiger partial charge in [0.15, 0.2) is 11.5 Å². The van der Waals surface area contributed by atoms with Crippen LogP contribution in [-0.4, -0.2) is 34.9 Å². The fourth-order valence-corrected chi connectivity index (χ4v) is 4.64. The summed E-state index contributed by atoms with van der Waals surface area (Å²) in [4.78, 5) is 15.2. The van der Waals surface area contributed by atoms with Crippen LogP contribution in [0.15, 0.2) is 55.0 Å². The molecule has 0 bridgehead atoms. The standard InChI is InChI=1S/C22H17N7S/c1-12-3-6-18(30-12)15-7-8-23-21-19(15)25-22(26-21)20-16-9-13(4-5-17(16)27-28-20)14-10-24-29(2)11-14/h3-11H,1-2H3,(H,27,28)(H,23,25,26). The molecule has 0 atom stereocenters. The lowest BCUT2D eigenvalue weighted by atomic mass is 10.1. The summed E-state index contributed by atoms with van der Waals surface area (Å²) in [6.07, 6.45) is 5.68. The first-order chi connectivity index (χ1) is 14.7. The van der Waals surface area contributed by atoms with Crippen molar-refractivity contribution in [1.82, 2.24) is 34.9 Å². The third-order valence-electron chi connectivity index (χ3n) is 5.22. The van der Waals surface area contributed by atoms with Gasteiger partial charge in [0.05, 0.1) is 11.7 Å². The normalized spacial score (nSPS) is 11.7. The van der Waals surface area contributed by atoms with Crippen LogP contribution in [0.5, 0.6) is 0 Å². The van der Waals surface area contributed by atoms with Crippen LogP contribution in [0.25, 0.3) is 55.2 Å². The Labute approximate surface area is 175 Å². The number of nitrogens with one attached hydrogen (secondary N) is 2. The molecule has 8 heteroatoms. The number of imidazole rings is 1. The highest BCUT2D eigenvalue weighted by Crippen LogP contribution is 2.34. The van der Waals surface area contributed by atoms with Gasteiger partial charge >= 0.3 is 0 Å². The molecule has 0 spiro atoms. The molecule has 0 aliphatic heterocycles. The fourth-order valence-electron chi connectivity index (χ4n) is 3.75. The number of rotatable bonds is 3. The van der Waals surface area contributed by atoms with Gasteiger partial charge in [0, 0.05) is 45.7 Å². The average Bonchev–Trinajstić information content (AvgIpc) is 3.52. The van der Waals surface area contributed by atoms with Gasteiger partial charge in [0.25, 0.3) is 0 Å². The van der Waals surface area contributed by atoms with Crippen LogP contribution in [0.1, 0.15) is 4.88 Å². The third-order valence-corrected chi connectivity index (χ3v) is 6.25.